The lowest BCUT2D eigenvalue weighted by Gasteiger charge is -2.04. The molecule has 0 saturated carbocycles. The van der Waals surface area contributed by atoms with Gasteiger partial charge in [-0.25, -0.2) is 4.39 Å². The molecule has 0 aliphatic carbocycles. The van der Waals surface area contributed by atoms with Crippen molar-refractivity contribution in [1.82, 2.24) is 4.57 Å². The molecule has 4 heteroatoms. The highest BCUT2D eigenvalue weighted by molar-refractivity contribution is 5.80. The summed E-state index contributed by atoms with van der Waals surface area (Å²) in [6, 6.07) is 6.63. The van der Waals surface area contributed by atoms with Gasteiger partial charge in [-0.1, -0.05) is 0 Å². The van der Waals surface area contributed by atoms with Crippen LogP contribution in [0.5, 0.6) is 0 Å². The van der Waals surface area contributed by atoms with Crippen molar-refractivity contribution in [3.8, 4) is 0 Å². The number of carboxylic acids is 1. The predicted molar refractivity (Wildman–Crippen MR) is 63.4 cm³/mol. The largest absolute Gasteiger partial charge is 0.481 e. The van der Waals surface area contributed by atoms with E-state index >= 15 is 0 Å². The van der Waals surface area contributed by atoms with Gasteiger partial charge in [0.2, 0.25) is 0 Å². The van der Waals surface area contributed by atoms with Gasteiger partial charge in [0.15, 0.2) is 0 Å². The highest BCUT2D eigenvalue weighted by atomic mass is 19.1. The first-order chi connectivity index (χ1) is 8.16. The van der Waals surface area contributed by atoms with Crippen molar-refractivity contribution in [2.75, 3.05) is 0 Å². The maximum atomic E-state index is 13.1. The molecule has 3 nitrogen and oxygen atoms in total. The fraction of sp³-hybridized carbons (Fsp3) is 0.308. The molecule has 1 aromatic heterocycles. The predicted octanol–water partition coefficient (Wildman–Crippen LogP) is 3.04. The molecule has 0 aliphatic heterocycles. The highest BCUT2D eigenvalue weighted by Gasteiger charge is 2.03. The van der Waals surface area contributed by atoms with E-state index in [-0.39, 0.29) is 12.2 Å². The molecule has 17 heavy (non-hydrogen) atoms. The van der Waals surface area contributed by atoms with Crippen molar-refractivity contribution in [3.63, 3.8) is 0 Å². The topological polar surface area (TPSA) is 42.2 Å². The number of hydrogen-bond donors (Lipinski definition) is 1. The minimum Gasteiger partial charge on any atom is -0.481 e. The summed E-state index contributed by atoms with van der Waals surface area (Å²) in [5.41, 5.74) is 0.861. The van der Waals surface area contributed by atoms with Crippen molar-refractivity contribution in [1.29, 1.82) is 0 Å². The van der Waals surface area contributed by atoms with Crippen LogP contribution in [0.2, 0.25) is 0 Å². The van der Waals surface area contributed by atoms with E-state index in [1.165, 1.54) is 12.1 Å². The fourth-order valence-electron chi connectivity index (χ4n) is 1.91. The number of unbranched alkanes of at least 4 members (excludes halogenated alkanes) is 1. The van der Waals surface area contributed by atoms with Crippen LogP contribution in [0.1, 0.15) is 19.3 Å². The van der Waals surface area contributed by atoms with Gasteiger partial charge >= 0.3 is 5.97 Å². The standard InChI is InChI=1S/C13H14FNO2/c14-11-5-4-10-6-8-15(12(10)9-11)7-2-1-3-13(16)17/h4-6,8-9H,1-3,7H2,(H,16,17). The zero-order valence-electron chi connectivity index (χ0n) is 9.40. The van der Waals surface area contributed by atoms with Gasteiger partial charge in [-0.15, -0.1) is 0 Å². The maximum Gasteiger partial charge on any atom is 0.303 e. The van der Waals surface area contributed by atoms with Crippen LogP contribution in [0.25, 0.3) is 10.9 Å². The summed E-state index contributed by atoms with van der Waals surface area (Å²) in [7, 11) is 0. The summed E-state index contributed by atoms with van der Waals surface area (Å²) in [4.78, 5) is 10.4. The van der Waals surface area contributed by atoms with Crippen LogP contribution in [0, 0.1) is 5.82 Å². The number of aryl methyl sites for hydroxylation is 1. The van der Waals surface area contributed by atoms with Gasteiger partial charge in [0.05, 0.1) is 5.52 Å². The molecular formula is C13H14FNO2. The van der Waals surface area contributed by atoms with Gasteiger partial charge in [0, 0.05) is 19.2 Å². The lowest BCUT2D eigenvalue weighted by atomic mass is 10.2. The molecule has 2 rings (SSSR count). The van der Waals surface area contributed by atoms with Gasteiger partial charge in [0.1, 0.15) is 5.82 Å². The number of carbonyl (C=O) groups is 1. The third kappa shape index (κ3) is 2.84. The Morgan fingerprint density at radius 3 is 2.88 bits per heavy atom. The molecule has 1 heterocycles. The second-order valence-corrected chi connectivity index (χ2v) is 4.06. The van der Waals surface area contributed by atoms with E-state index in [1.807, 2.05) is 16.8 Å². The van der Waals surface area contributed by atoms with E-state index in [9.17, 15) is 9.18 Å². The smallest absolute Gasteiger partial charge is 0.303 e. The lowest BCUT2D eigenvalue weighted by Crippen LogP contribution is -1.99. The van der Waals surface area contributed by atoms with Crippen LogP contribution in [0.15, 0.2) is 30.5 Å². The number of benzene rings is 1. The zero-order chi connectivity index (χ0) is 12.3. The lowest BCUT2D eigenvalue weighted by molar-refractivity contribution is -0.137. The number of hydrogen-bond acceptors (Lipinski definition) is 1. The van der Waals surface area contributed by atoms with Gasteiger partial charge in [0.25, 0.3) is 0 Å². The van der Waals surface area contributed by atoms with Crippen molar-refractivity contribution < 1.29 is 14.3 Å². The van der Waals surface area contributed by atoms with Crippen LogP contribution >= 0.6 is 0 Å². The Bertz CT molecular complexity index is 533. The van der Waals surface area contributed by atoms with Crippen LogP contribution in [-0.4, -0.2) is 15.6 Å². The summed E-state index contributed by atoms with van der Waals surface area (Å²) >= 11 is 0. The minimum absolute atomic E-state index is 0.188. The van der Waals surface area contributed by atoms with Gasteiger partial charge in [-0.3, -0.25) is 4.79 Å². The summed E-state index contributed by atoms with van der Waals surface area (Å²) in [5.74, 6) is -1.02. The number of aromatic nitrogens is 1. The molecule has 1 aromatic carbocycles. The second-order valence-electron chi connectivity index (χ2n) is 4.06. The van der Waals surface area contributed by atoms with E-state index in [1.54, 1.807) is 6.07 Å². The first-order valence-electron chi connectivity index (χ1n) is 5.63. The second kappa shape index (κ2) is 4.99. The molecule has 0 bridgehead atoms. The fourth-order valence-corrected chi connectivity index (χ4v) is 1.91. The molecule has 0 saturated heterocycles. The highest BCUT2D eigenvalue weighted by Crippen LogP contribution is 2.17. The molecule has 90 valence electrons. The summed E-state index contributed by atoms with van der Waals surface area (Å²) < 4.78 is 15.1. The normalized spacial score (nSPS) is 10.9. The molecule has 0 aliphatic rings. The Morgan fingerprint density at radius 1 is 1.29 bits per heavy atom. The van der Waals surface area contributed by atoms with E-state index < -0.39 is 5.97 Å². The van der Waals surface area contributed by atoms with Crippen LogP contribution in [-0.2, 0) is 11.3 Å². The molecule has 0 spiro atoms. The number of halogens is 1. The third-order valence-corrected chi connectivity index (χ3v) is 2.78. The molecule has 0 fully saturated rings. The Kier molecular flexibility index (Phi) is 3.42. The zero-order valence-corrected chi connectivity index (χ0v) is 9.40. The van der Waals surface area contributed by atoms with E-state index in [0.717, 1.165) is 23.9 Å². The molecule has 0 atom stereocenters. The number of nitrogens with zero attached hydrogens (tertiary/aromatic N) is 1. The summed E-state index contributed by atoms with van der Waals surface area (Å²) in [5, 5.41) is 9.53. The van der Waals surface area contributed by atoms with Gasteiger partial charge in [-0.05, 0) is 42.5 Å². The minimum atomic E-state index is -0.770. The van der Waals surface area contributed by atoms with E-state index in [2.05, 4.69) is 0 Å². The molecule has 0 amide bonds. The number of rotatable bonds is 5. The maximum absolute atomic E-state index is 13.1. The first-order valence-corrected chi connectivity index (χ1v) is 5.63. The molecule has 0 radical (unpaired) electrons. The van der Waals surface area contributed by atoms with Crippen molar-refractivity contribution in [2.45, 2.75) is 25.8 Å². The van der Waals surface area contributed by atoms with Crippen molar-refractivity contribution in [2.24, 2.45) is 0 Å². The Labute approximate surface area is 98.5 Å². The van der Waals surface area contributed by atoms with Gasteiger partial charge in [-0.2, -0.15) is 0 Å². The Balaban J connectivity index is 2.03. The third-order valence-electron chi connectivity index (χ3n) is 2.78. The first kappa shape index (κ1) is 11.6. The molecule has 1 N–H and O–H groups in total. The number of aliphatic carboxylic acids is 1. The van der Waals surface area contributed by atoms with E-state index in [4.69, 9.17) is 5.11 Å². The molecule has 2 aromatic rings. The van der Waals surface area contributed by atoms with Crippen LogP contribution in [0.3, 0.4) is 0 Å². The monoisotopic (exact) mass is 235 g/mol. The van der Waals surface area contributed by atoms with Crippen molar-refractivity contribution >= 4 is 16.9 Å². The van der Waals surface area contributed by atoms with Crippen molar-refractivity contribution in [3.05, 3.63) is 36.3 Å². The Hall–Kier alpha value is -1.84. The number of carboxylic acid groups (broad SMARTS) is 1. The summed E-state index contributed by atoms with van der Waals surface area (Å²) in [6.45, 7) is 0.722. The van der Waals surface area contributed by atoms with E-state index in [0.29, 0.717) is 6.42 Å². The summed E-state index contributed by atoms with van der Waals surface area (Å²) in [6.07, 6.45) is 3.52. The Morgan fingerprint density at radius 2 is 2.12 bits per heavy atom. The average molecular weight is 235 g/mol. The SMILES string of the molecule is O=C(O)CCCCn1ccc2ccc(F)cc21. The molecule has 0 unspecified atom stereocenters. The average Bonchev–Trinajstić information content (AvgIpc) is 2.67. The van der Waals surface area contributed by atoms with Crippen LogP contribution in [0.4, 0.5) is 4.39 Å². The van der Waals surface area contributed by atoms with Crippen LogP contribution < -0.4 is 0 Å². The molecular weight excluding hydrogens is 221 g/mol. The quantitative estimate of drug-likeness (QED) is 0.809. The number of fused-ring (bicyclic) bond motifs is 1. The van der Waals surface area contributed by atoms with Gasteiger partial charge < -0.3 is 9.67 Å².